The van der Waals surface area contributed by atoms with E-state index in [1.807, 2.05) is 11.3 Å². The third kappa shape index (κ3) is 4.42. The number of thiophene rings is 1. The number of hydrogen-bond donors (Lipinski definition) is 0. The maximum atomic E-state index is 2.77. The van der Waals surface area contributed by atoms with Crippen LogP contribution in [0.3, 0.4) is 0 Å². The maximum absolute atomic E-state index is 2.77. The highest BCUT2D eigenvalue weighted by molar-refractivity contribution is 7.25. The summed E-state index contributed by atoms with van der Waals surface area (Å²) in [6.45, 7) is 9.73. The summed E-state index contributed by atoms with van der Waals surface area (Å²) in [5.74, 6) is 0. The van der Waals surface area contributed by atoms with Crippen molar-refractivity contribution >= 4 is 88.5 Å². The van der Waals surface area contributed by atoms with Crippen molar-refractivity contribution in [3.05, 3.63) is 209 Å². The quantitative estimate of drug-likeness (QED) is 0.152. The van der Waals surface area contributed by atoms with Gasteiger partial charge in [-0.2, -0.15) is 0 Å². The Labute approximate surface area is 384 Å². The predicted molar refractivity (Wildman–Crippen MR) is 277 cm³/mol. The van der Waals surface area contributed by atoms with Crippen LogP contribution in [0.5, 0.6) is 0 Å². The van der Waals surface area contributed by atoms with Crippen LogP contribution < -0.4 is 20.6 Å². The lowest BCUT2D eigenvalue weighted by atomic mass is 9.42. The van der Waals surface area contributed by atoms with Crippen molar-refractivity contribution in [2.24, 2.45) is 0 Å². The summed E-state index contributed by atoms with van der Waals surface area (Å²) in [5, 5.41) is 5.22. The van der Waals surface area contributed by atoms with Crippen LogP contribution in [0, 0.1) is 0 Å². The molecule has 0 fully saturated rings. The minimum absolute atomic E-state index is 0.0583. The van der Waals surface area contributed by atoms with Crippen LogP contribution >= 0.6 is 11.3 Å². The summed E-state index contributed by atoms with van der Waals surface area (Å²) in [5.41, 5.74) is 22.5. The third-order valence-corrected chi connectivity index (χ3v) is 17.6. The molecule has 9 aromatic carbocycles. The molecule has 65 heavy (non-hydrogen) atoms. The van der Waals surface area contributed by atoms with Gasteiger partial charge in [0.05, 0.1) is 16.8 Å². The van der Waals surface area contributed by atoms with Crippen molar-refractivity contribution < 1.29 is 0 Å². The molecule has 0 N–H and O–H groups in total. The predicted octanol–water partition coefficient (Wildman–Crippen LogP) is 14.9. The second kappa shape index (κ2) is 12.3. The fourth-order valence-corrected chi connectivity index (χ4v) is 14.6. The Bertz CT molecular complexity index is 3730. The number of rotatable bonds is 1. The first kappa shape index (κ1) is 36.5. The lowest BCUT2D eigenvalue weighted by molar-refractivity contribution is 0.332. The van der Waals surface area contributed by atoms with Gasteiger partial charge in [0.1, 0.15) is 0 Å². The molecule has 0 unspecified atom stereocenters. The minimum Gasteiger partial charge on any atom is -0.376 e. The van der Waals surface area contributed by atoms with Crippen LogP contribution in [-0.2, 0) is 16.2 Å². The van der Waals surface area contributed by atoms with Crippen LogP contribution in [0.2, 0.25) is 0 Å². The van der Waals surface area contributed by atoms with E-state index in [1.54, 1.807) is 0 Å². The van der Waals surface area contributed by atoms with Crippen molar-refractivity contribution in [2.45, 2.75) is 56.8 Å². The van der Waals surface area contributed by atoms with E-state index >= 15 is 0 Å². The molecule has 0 radical (unpaired) electrons. The third-order valence-electron chi connectivity index (χ3n) is 16.5. The van der Waals surface area contributed by atoms with Crippen molar-refractivity contribution in [1.82, 2.24) is 0 Å². The summed E-state index contributed by atoms with van der Waals surface area (Å²) in [6.07, 6.45) is 2.36. The largest absolute Gasteiger partial charge is 0.376 e. The molecule has 15 rings (SSSR count). The van der Waals surface area contributed by atoms with Crippen LogP contribution in [-0.4, -0.2) is 6.85 Å². The first-order chi connectivity index (χ1) is 31.7. The van der Waals surface area contributed by atoms with Crippen LogP contribution in [0.25, 0.3) is 53.2 Å². The summed E-state index contributed by atoms with van der Waals surface area (Å²) < 4.78 is 2.67. The Balaban J connectivity index is 1.12. The van der Waals surface area contributed by atoms with E-state index < -0.39 is 5.41 Å². The summed E-state index contributed by atoms with van der Waals surface area (Å²) in [6, 6.07) is 68.4. The van der Waals surface area contributed by atoms with Gasteiger partial charge in [-0.1, -0.05) is 161 Å². The summed E-state index contributed by atoms with van der Waals surface area (Å²) in [4.78, 5) is 5.47. The number of hydrogen-bond acceptors (Lipinski definition) is 3. The first-order valence-electron chi connectivity index (χ1n) is 23.4. The van der Waals surface area contributed by atoms with E-state index in [9.17, 15) is 0 Å². The van der Waals surface area contributed by atoms with Crippen molar-refractivity contribution in [3.8, 4) is 22.3 Å². The molecule has 0 atom stereocenters. The first-order valence-corrected chi connectivity index (χ1v) is 24.2. The zero-order valence-corrected chi connectivity index (χ0v) is 37.9. The number of para-hydroxylation sites is 2. The molecule has 10 aromatic rings. The van der Waals surface area contributed by atoms with E-state index in [4.69, 9.17) is 0 Å². The molecule has 2 aliphatic carbocycles. The molecule has 0 saturated heterocycles. The fraction of sp³-hybridized carbons (Fsp3) is 0.148. The Morgan fingerprint density at radius 1 is 0.446 bits per heavy atom. The zero-order chi connectivity index (χ0) is 43.1. The second-order valence-corrected chi connectivity index (χ2v) is 21.7. The van der Waals surface area contributed by atoms with Gasteiger partial charge < -0.3 is 9.71 Å². The lowest BCUT2D eigenvalue weighted by Gasteiger charge is -2.52. The van der Waals surface area contributed by atoms with Crippen molar-refractivity contribution in [1.29, 1.82) is 0 Å². The van der Waals surface area contributed by atoms with E-state index in [0.717, 1.165) is 0 Å². The summed E-state index contributed by atoms with van der Waals surface area (Å²) in [7, 11) is 0. The Morgan fingerprint density at radius 3 is 1.91 bits per heavy atom. The van der Waals surface area contributed by atoms with Gasteiger partial charge in [0, 0.05) is 48.2 Å². The molecule has 1 aromatic heterocycles. The van der Waals surface area contributed by atoms with E-state index in [2.05, 4.69) is 213 Å². The van der Waals surface area contributed by atoms with Gasteiger partial charge in [0.2, 0.25) is 0 Å². The highest BCUT2D eigenvalue weighted by Gasteiger charge is 2.56. The molecule has 4 heterocycles. The molecule has 5 aliphatic rings. The van der Waals surface area contributed by atoms with Gasteiger partial charge in [0.15, 0.2) is 0 Å². The molecule has 0 bridgehead atoms. The molecule has 4 heteroatoms. The monoisotopic (exact) mass is 848 g/mol. The molecule has 1 spiro atoms. The molecule has 2 nitrogen and oxygen atoms in total. The van der Waals surface area contributed by atoms with Crippen LogP contribution in [0.1, 0.15) is 73.9 Å². The summed E-state index contributed by atoms with van der Waals surface area (Å²) >= 11 is 1.92. The highest BCUT2D eigenvalue weighted by atomic mass is 32.1. The average molecular weight is 849 g/mol. The highest BCUT2D eigenvalue weighted by Crippen LogP contribution is 2.65. The standard InChI is InChI=1S/C61H45BN2S/c1-59(2)30-31-60(3,4)50-33-37(28-29-47(50)59)64-53-35-55-43(41-20-9-14-27-54(41)65-55)34-42(53)44-32-36-16-5-6-17-38(36)57-56(44)62(64)51-25-15-24-49-58(51)63(57)52-26-13-12-23-48(52)61(49)45-21-10-7-18-39(45)40-19-8-11-22-46(40)61/h5-29,32-35H,30-31H2,1-4H3. The SMILES string of the molecule is CC1(C)CCC(C)(C)c2cc(N3B4c5cccc6c5N(c5ccccc5C65c6ccccc6-c6ccccc65)c5c4c(cc4ccccc54)-c4cc5c(cc43)sc3ccccc35)ccc21. The number of fused-ring (bicyclic) bond motifs is 19. The molecule has 0 saturated carbocycles. The lowest BCUT2D eigenvalue weighted by Crippen LogP contribution is -2.62. The van der Waals surface area contributed by atoms with Crippen LogP contribution in [0.15, 0.2) is 176 Å². The number of anilines is 5. The molecular weight excluding hydrogens is 804 g/mol. The Morgan fingerprint density at radius 2 is 1.11 bits per heavy atom. The van der Waals surface area contributed by atoms with E-state index in [-0.39, 0.29) is 17.7 Å². The topological polar surface area (TPSA) is 6.48 Å². The molecule has 308 valence electrons. The smallest absolute Gasteiger partial charge is 0.333 e. The molecular formula is C61H45BN2S. The van der Waals surface area contributed by atoms with Crippen molar-refractivity contribution in [2.75, 3.05) is 9.71 Å². The normalized spacial score (nSPS) is 17.1. The van der Waals surface area contributed by atoms with Gasteiger partial charge in [-0.3, -0.25) is 0 Å². The van der Waals surface area contributed by atoms with Gasteiger partial charge in [-0.05, 0) is 133 Å². The van der Waals surface area contributed by atoms with E-state index in [1.165, 1.54) is 139 Å². The van der Waals surface area contributed by atoms with Crippen molar-refractivity contribution in [3.63, 3.8) is 0 Å². The Kier molecular flexibility index (Phi) is 6.88. The average Bonchev–Trinajstić information content (AvgIpc) is 3.85. The fourth-order valence-electron chi connectivity index (χ4n) is 13.5. The minimum atomic E-state index is -0.501. The molecule has 0 amide bonds. The zero-order valence-electron chi connectivity index (χ0n) is 37.0. The Hall–Kier alpha value is -6.88. The van der Waals surface area contributed by atoms with Crippen LogP contribution in [0.4, 0.5) is 28.4 Å². The van der Waals surface area contributed by atoms with Gasteiger partial charge in [-0.15, -0.1) is 11.3 Å². The number of nitrogens with zero attached hydrogens (tertiary/aromatic N) is 2. The van der Waals surface area contributed by atoms with Gasteiger partial charge in [0.25, 0.3) is 0 Å². The number of benzene rings is 9. The maximum Gasteiger partial charge on any atom is 0.333 e. The van der Waals surface area contributed by atoms with E-state index in [0.29, 0.717) is 0 Å². The second-order valence-electron chi connectivity index (χ2n) is 20.6. The molecule has 3 aliphatic heterocycles. The van der Waals surface area contributed by atoms with Gasteiger partial charge >= 0.3 is 6.85 Å². The van der Waals surface area contributed by atoms with Gasteiger partial charge in [-0.25, -0.2) is 0 Å².